The lowest BCUT2D eigenvalue weighted by atomic mass is 9.79. The van der Waals surface area contributed by atoms with Crippen molar-refractivity contribution in [1.29, 1.82) is 0 Å². The van der Waals surface area contributed by atoms with Crippen LogP contribution in [-0.4, -0.2) is 18.5 Å². The summed E-state index contributed by atoms with van der Waals surface area (Å²) >= 11 is 5.62. The van der Waals surface area contributed by atoms with E-state index in [9.17, 15) is 9.18 Å². The van der Waals surface area contributed by atoms with Crippen molar-refractivity contribution in [3.05, 3.63) is 29.0 Å². The molecule has 5 heteroatoms. The van der Waals surface area contributed by atoms with E-state index in [1.165, 1.54) is 18.6 Å². The topological polar surface area (TPSA) is 41.1 Å². The van der Waals surface area contributed by atoms with E-state index in [4.69, 9.17) is 11.6 Å². The molecule has 1 fully saturated rings. The van der Waals surface area contributed by atoms with Crippen LogP contribution in [0.25, 0.3) is 0 Å². The molecule has 0 spiro atoms. The quantitative estimate of drug-likeness (QED) is 0.889. The Morgan fingerprint density at radius 2 is 2.05 bits per heavy atom. The number of anilines is 1. The molecule has 0 bridgehead atoms. The highest BCUT2D eigenvalue weighted by molar-refractivity contribution is 6.30. The molecule has 0 unspecified atom stereocenters. The second-order valence-corrected chi connectivity index (χ2v) is 5.85. The maximum atomic E-state index is 13.3. The maximum Gasteiger partial charge on any atom is 0.226 e. The first-order valence-corrected chi connectivity index (χ1v) is 7.36. The molecule has 0 heterocycles. The molecular formula is C15H20ClFN2O. The molecule has 0 aliphatic heterocycles. The van der Waals surface area contributed by atoms with E-state index < -0.39 is 5.82 Å². The molecule has 2 N–H and O–H groups in total. The lowest BCUT2D eigenvalue weighted by Crippen LogP contribution is -2.47. The van der Waals surface area contributed by atoms with Crippen LogP contribution in [0.3, 0.4) is 0 Å². The summed E-state index contributed by atoms with van der Waals surface area (Å²) < 4.78 is 13.3. The highest BCUT2D eigenvalue weighted by Gasteiger charge is 2.32. The number of benzene rings is 1. The number of rotatable bonds is 4. The number of carbonyl (C=O) groups excluding carboxylic acids is 1. The Hall–Kier alpha value is -1.13. The Labute approximate surface area is 123 Å². The van der Waals surface area contributed by atoms with Gasteiger partial charge in [-0.25, -0.2) is 4.39 Å². The molecular weight excluding hydrogens is 279 g/mol. The zero-order chi connectivity index (χ0) is 14.6. The van der Waals surface area contributed by atoms with Gasteiger partial charge in [0.15, 0.2) is 0 Å². The third kappa shape index (κ3) is 3.70. The molecule has 1 aromatic rings. The molecule has 0 radical (unpaired) electrons. The molecule has 110 valence electrons. The Bertz CT molecular complexity index is 487. The Morgan fingerprint density at radius 1 is 1.35 bits per heavy atom. The van der Waals surface area contributed by atoms with Crippen molar-refractivity contribution in [2.45, 2.75) is 44.1 Å². The fourth-order valence-corrected chi connectivity index (χ4v) is 2.95. The van der Waals surface area contributed by atoms with Crippen molar-refractivity contribution in [3.8, 4) is 0 Å². The van der Waals surface area contributed by atoms with E-state index in [0.29, 0.717) is 12.1 Å². The minimum Gasteiger partial charge on any atom is -0.326 e. The van der Waals surface area contributed by atoms with Crippen LogP contribution in [0.1, 0.15) is 38.5 Å². The third-order valence-corrected chi connectivity index (χ3v) is 4.35. The van der Waals surface area contributed by atoms with Gasteiger partial charge in [-0.3, -0.25) is 4.79 Å². The van der Waals surface area contributed by atoms with E-state index in [2.05, 4.69) is 10.6 Å². The summed E-state index contributed by atoms with van der Waals surface area (Å²) in [5, 5.41) is 6.09. The molecule has 1 saturated carbocycles. The van der Waals surface area contributed by atoms with E-state index in [0.717, 1.165) is 25.7 Å². The van der Waals surface area contributed by atoms with Gasteiger partial charge in [0.25, 0.3) is 0 Å². The standard InChI is InChI=1S/C15H20ClFN2O/c1-18-15(7-3-2-4-8-15)10-14(20)19-11-5-6-12(16)13(17)9-11/h5-6,9,18H,2-4,7-8,10H2,1H3,(H,19,20). The molecule has 0 saturated heterocycles. The van der Waals surface area contributed by atoms with Gasteiger partial charge in [-0.1, -0.05) is 30.9 Å². The second kappa shape index (κ2) is 6.55. The van der Waals surface area contributed by atoms with Crippen LogP contribution in [0.4, 0.5) is 10.1 Å². The van der Waals surface area contributed by atoms with Crippen LogP contribution in [0.5, 0.6) is 0 Å². The van der Waals surface area contributed by atoms with Gasteiger partial charge in [-0.15, -0.1) is 0 Å². The van der Waals surface area contributed by atoms with E-state index in [1.54, 1.807) is 6.07 Å². The van der Waals surface area contributed by atoms with Crippen LogP contribution in [0, 0.1) is 5.82 Å². The lowest BCUT2D eigenvalue weighted by Gasteiger charge is -2.36. The predicted octanol–water partition coefficient (Wildman–Crippen LogP) is 3.73. The first-order valence-electron chi connectivity index (χ1n) is 6.98. The molecule has 1 aromatic carbocycles. The first kappa shape index (κ1) is 15.3. The Morgan fingerprint density at radius 3 is 2.65 bits per heavy atom. The van der Waals surface area contributed by atoms with Gasteiger partial charge in [-0.05, 0) is 38.1 Å². The van der Waals surface area contributed by atoms with E-state index in [1.807, 2.05) is 7.05 Å². The summed E-state index contributed by atoms with van der Waals surface area (Å²) in [6.45, 7) is 0. The zero-order valence-corrected chi connectivity index (χ0v) is 12.4. The molecule has 1 aliphatic rings. The monoisotopic (exact) mass is 298 g/mol. The van der Waals surface area contributed by atoms with Crippen molar-refractivity contribution in [2.75, 3.05) is 12.4 Å². The van der Waals surface area contributed by atoms with Crippen molar-refractivity contribution in [3.63, 3.8) is 0 Å². The van der Waals surface area contributed by atoms with Crippen LogP contribution >= 0.6 is 11.6 Å². The number of nitrogens with one attached hydrogen (secondary N) is 2. The van der Waals surface area contributed by atoms with Gasteiger partial charge in [-0.2, -0.15) is 0 Å². The van der Waals surface area contributed by atoms with Gasteiger partial charge in [0.2, 0.25) is 5.91 Å². The predicted molar refractivity (Wildman–Crippen MR) is 79.5 cm³/mol. The smallest absolute Gasteiger partial charge is 0.226 e. The van der Waals surface area contributed by atoms with E-state index in [-0.39, 0.29) is 16.5 Å². The Kier molecular flexibility index (Phi) is 5.00. The number of hydrogen-bond donors (Lipinski definition) is 2. The van der Waals surface area contributed by atoms with Gasteiger partial charge in [0.1, 0.15) is 5.82 Å². The number of hydrogen-bond acceptors (Lipinski definition) is 2. The average molecular weight is 299 g/mol. The molecule has 0 aromatic heterocycles. The van der Waals surface area contributed by atoms with Crippen molar-refractivity contribution >= 4 is 23.2 Å². The molecule has 2 rings (SSSR count). The van der Waals surface area contributed by atoms with E-state index >= 15 is 0 Å². The van der Waals surface area contributed by atoms with Crippen LogP contribution in [0.2, 0.25) is 5.02 Å². The first-order chi connectivity index (χ1) is 9.54. The van der Waals surface area contributed by atoms with Crippen molar-refractivity contribution in [2.24, 2.45) is 0 Å². The zero-order valence-electron chi connectivity index (χ0n) is 11.6. The summed E-state index contributed by atoms with van der Waals surface area (Å²) in [5.74, 6) is -0.617. The summed E-state index contributed by atoms with van der Waals surface area (Å²) in [4.78, 5) is 12.1. The fraction of sp³-hybridized carbons (Fsp3) is 0.533. The second-order valence-electron chi connectivity index (χ2n) is 5.44. The molecule has 1 aliphatic carbocycles. The minimum atomic E-state index is -0.523. The third-order valence-electron chi connectivity index (χ3n) is 4.04. The molecule has 0 atom stereocenters. The Balaban J connectivity index is 1.98. The highest BCUT2D eigenvalue weighted by Crippen LogP contribution is 2.31. The lowest BCUT2D eigenvalue weighted by molar-refractivity contribution is -0.117. The van der Waals surface area contributed by atoms with Crippen molar-refractivity contribution < 1.29 is 9.18 Å². The average Bonchev–Trinajstić information content (AvgIpc) is 2.44. The largest absolute Gasteiger partial charge is 0.326 e. The van der Waals surface area contributed by atoms with Crippen molar-refractivity contribution in [1.82, 2.24) is 5.32 Å². The number of halogens is 2. The van der Waals surface area contributed by atoms with Crippen LogP contribution in [-0.2, 0) is 4.79 Å². The normalized spacial score (nSPS) is 17.8. The fourth-order valence-electron chi connectivity index (χ4n) is 2.83. The van der Waals surface area contributed by atoms with Crippen LogP contribution < -0.4 is 10.6 Å². The van der Waals surface area contributed by atoms with Gasteiger partial charge in [0.05, 0.1) is 5.02 Å². The minimum absolute atomic E-state index is 0.0574. The molecule has 20 heavy (non-hydrogen) atoms. The number of carbonyl (C=O) groups is 1. The van der Waals surface area contributed by atoms with Crippen LogP contribution in [0.15, 0.2) is 18.2 Å². The SMILES string of the molecule is CNC1(CC(=O)Nc2ccc(Cl)c(F)c2)CCCCC1. The van der Waals surface area contributed by atoms with Gasteiger partial charge >= 0.3 is 0 Å². The summed E-state index contributed by atoms with van der Waals surface area (Å²) in [7, 11) is 1.90. The summed E-state index contributed by atoms with van der Waals surface area (Å²) in [5.41, 5.74) is 0.326. The van der Waals surface area contributed by atoms with Gasteiger partial charge < -0.3 is 10.6 Å². The summed E-state index contributed by atoms with van der Waals surface area (Å²) in [6, 6.07) is 4.30. The highest BCUT2D eigenvalue weighted by atomic mass is 35.5. The van der Waals surface area contributed by atoms with Gasteiger partial charge in [0, 0.05) is 17.6 Å². The number of amides is 1. The summed E-state index contributed by atoms with van der Waals surface area (Å²) in [6.07, 6.45) is 5.94. The molecule has 1 amide bonds. The molecule has 3 nitrogen and oxygen atoms in total. The maximum absolute atomic E-state index is 13.3.